The van der Waals surface area contributed by atoms with E-state index in [9.17, 15) is 27.2 Å². The van der Waals surface area contributed by atoms with Gasteiger partial charge in [0.05, 0.1) is 46.3 Å². The molecule has 0 aliphatic heterocycles. The Bertz CT molecular complexity index is 3230. The number of nitrogen functional groups attached to an aromatic ring is 1. The predicted molar refractivity (Wildman–Crippen MR) is 311 cm³/mol. The molecule has 0 spiro atoms. The predicted octanol–water partition coefficient (Wildman–Crippen LogP) is 13.6. The molecule has 0 saturated carbocycles. The molecule has 3 aromatic heterocycles. The lowest BCUT2D eigenvalue weighted by Gasteiger charge is -2.18. The Labute approximate surface area is 464 Å². The van der Waals surface area contributed by atoms with Crippen molar-refractivity contribution in [2.24, 2.45) is 12.0 Å². The van der Waals surface area contributed by atoms with Crippen LogP contribution < -0.4 is 36.5 Å². The Morgan fingerprint density at radius 1 is 0.684 bits per heavy atom. The molecular formula is C58H70F4N12O4S. The van der Waals surface area contributed by atoms with Crippen LogP contribution in [0.4, 0.5) is 57.9 Å². The number of nitrogens with two attached hydrogens (primary N) is 1. The fraction of sp³-hybridized carbons (Fsp3) is 0.345. The molecule has 0 unspecified atom stereocenters. The number of nitrogens with one attached hydrogen (secondary N) is 4. The summed E-state index contributed by atoms with van der Waals surface area (Å²) in [7, 11) is 3.62. The van der Waals surface area contributed by atoms with Crippen molar-refractivity contribution in [3.05, 3.63) is 132 Å². The Kier molecular flexibility index (Phi) is 23.7. The standard InChI is InChI=1S/C29H34F2N6O2.C19H27N5O2.C10H9F2NS/c1-6-12-37(7-2)17-28(38)35-27-14-20(10-11-32-27)39-19-8-9-26-25(13-19)34-29(36(26)5)33-24-15-21(18(3)4)22(30)16-23(24)31;1-4-10-24(5-2)13-19(25)23-18-12-15(8-9-22-18)26-14-6-7-17(21-3)16(20)11-14;1-6(2)7-3-10(13-5-14)9(12)4-8(7)11/h8-11,13-16,18H,6-7,12,17H2,1-5H3,(H,33,34)(H,32,35,38);6-9,11-12,21H,4-5,10,13,20H2,1-3H3,(H,22,23,25);3-4,6H,1-2H3. The summed E-state index contributed by atoms with van der Waals surface area (Å²) in [5.41, 5.74) is 9.85. The third kappa shape index (κ3) is 18.3. The highest BCUT2D eigenvalue weighted by Gasteiger charge is 2.18. The number of aromatic nitrogens is 4. The Morgan fingerprint density at radius 3 is 1.68 bits per heavy atom. The zero-order valence-corrected chi connectivity index (χ0v) is 47.1. The second kappa shape index (κ2) is 30.3. The third-order valence-electron chi connectivity index (χ3n) is 12.1. The molecule has 0 aliphatic carbocycles. The molecule has 0 atom stereocenters. The highest BCUT2D eigenvalue weighted by Crippen LogP contribution is 2.33. The number of likely N-dealkylation sites (N-methyl/N-ethyl adjacent to an activating group) is 2. The molecule has 2 amide bonds. The number of aryl methyl sites for hydroxylation is 1. The van der Waals surface area contributed by atoms with Crippen LogP contribution >= 0.6 is 12.2 Å². The number of halogens is 4. The number of fused-ring (bicyclic) bond motifs is 1. The maximum atomic E-state index is 14.5. The van der Waals surface area contributed by atoms with Crippen molar-refractivity contribution in [3.8, 4) is 23.0 Å². The van der Waals surface area contributed by atoms with Gasteiger partial charge in [-0.25, -0.2) is 32.5 Å². The van der Waals surface area contributed by atoms with Crippen LogP contribution in [0.15, 0.2) is 102 Å². The molecule has 7 rings (SSSR count). The number of hydrogen-bond donors (Lipinski definition) is 5. The molecule has 79 heavy (non-hydrogen) atoms. The van der Waals surface area contributed by atoms with Crippen molar-refractivity contribution in [1.82, 2.24) is 29.3 Å². The van der Waals surface area contributed by atoms with Crippen LogP contribution in [0.25, 0.3) is 11.0 Å². The topological polar surface area (TPSA) is 189 Å². The number of isothiocyanates is 1. The average Bonchev–Trinajstić information content (AvgIpc) is 3.85. The maximum absolute atomic E-state index is 14.5. The van der Waals surface area contributed by atoms with Gasteiger partial charge in [-0.15, -0.1) is 0 Å². The molecule has 0 bridgehead atoms. The molecule has 7 aromatic rings. The summed E-state index contributed by atoms with van der Waals surface area (Å²) in [4.78, 5) is 45.3. The number of pyridine rings is 2. The maximum Gasteiger partial charge on any atom is 0.239 e. The van der Waals surface area contributed by atoms with E-state index in [0.717, 1.165) is 62.4 Å². The second-order valence-corrected chi connectivity index (χ2v) is 18.9. The molecule has 0 radical (unpaired) electrons. The number of nitrogens with zero attached hydrogens (tertiary/aromatic N) is 7. The van der Waals surface area contributed by atoms with Crippen molar-refractivity contribution in [2.75, 3.05) is 73.3 Å². The number of thiocarbonyl (C=S) groups is 1. The summed E-state index contributed by atoms with van der Waals surface area (Å²) < 4.78 is 68.5. The number of hydrogen-bond acceptors (Lipinski definition) is 14. The number of anilines is 6. The summed E-state index contributed by atoms with van der Waals surface area (Å²) in [5.74, 6) is 0.612. The summed E-state index contributed by atoms with van der Waals surface area (Å²) >= 11 is 4.36. The fourth-order valence-corrected chi connectivity index (χ4v) is 8.10. The van der Waals surface area contributed by atoms with Crippen LogP contribution in [0.1, 0.15) is 91.2 Å². The first-order chi connectivity index (χ1) is 37.8. The van der Waals surface area contributed by atoms with E-state index < -0.39 is 23.3 Å². The van der Waals surface area contributed by atoms with Gasteiger partial charge in [0.15, 0.2) is 5.82 Å². The molecule has 0 aliphatic rings. The van der Waals surface area contributed by atoms with Gasteiger partial charge in [-0.2, -0.15) is 4.99 Å². The number of rotatable bonds is 22. The number of imidazole rings is 1. The molecule has 3 heterocycles. The zero-order chi connectivity index (χ0) is 57.8. The molecule has 4 aromatic carbocycles. The highest BCUT2D eigenvalue weighted by molar-refractivity contribution is 7.78. The van der Waals surface area contributed by atoms with Crippen LogP contribution in [-0.4, -0.2) is 92.6 Å². The van der Waals surface area contributed by atoms with Crippen LogP contribution in [0, 0.1) is 23.3 Å². The molecular weight excluding hydrogens is 1040 g/mol. The van der Waals surface area contributed by atoms with Crippen molar-refractivity contribution in [2.45, 2.75) is 80.1 Å². The van der Waals surface area contributed by atoms with Gasteiger partial charge in [0, 0.05) is 62.9 Å². The Balaban J connectivity index is 0.000000246. The first-order valence-electron chi connectivity index (χ1n) is 26.0. The van der Waals surface area contributed by atoms with E-state index in [2.05, 4.69) is 82.2 Å². The Hall–Kier alpha value is -7.97. The lowest BCUT2D eigenvalue weighted by molar-refractivity contribution is -0.118. The minimum Gasteiger partial charge on any atom is -0.457 e. The van der Waals surface area contributed by atoms with Gasteiger partial charge < -0.3 is 41.0 Å². The number of ether oxygens (including phenoxy) is 2. The quantitative estimate of drug-likeness (QED) is 0.0187. The number of carbonyl (C=O) groups is 2. The summed E-state index contributed by atoms with van der Waals surface area (Å²) in [5, 5.41) is 13.7. The van der Waals surface area contributed by atoms with E-state index in [-0.39, 0.29) is 35.0 Å². The highest BCUT2D eigenvalue weighted by atomic mass is 32.1. The van der Waals surface area contributed by atoms with Gasteiger partial charge in [-0.3, -0.25) is 19.4 Å². The Morgan fingerprint density at radius 2 is 1.19 bits per heavy atom. The van der Waals surface area contributed by atoms with E-state index in [0.29, 0.717) is 76.0 Å². The average molecular weight is 1110 g/mol. The van der Waals surface area contributed by atoms with E-state index in [1.165, 1.54) is 12.1 Å². The molecule has 0 fully saturated rings. The van der Waals surface area contributed by atoms with E-state index in [4.69, 9.17) is 15.2 Å². The van der Waals surface area contributed by atoms with Crippen molar-refractivity contribution in [1.29, 1.82) is 0 Å². The monoisotopic (exact) mass is 1110 g/mol. The van der Waals surface area contributed by atoms with Crippen molar-refractivity contribution < 1.29 is 36.6 Å². The molecule has 21 heteroatoms. The number of aliphatic imine (C=N–C) groups is 1. The molecule has 0 saturated heterocycles. The summed E-state index contributed by atoms with van der Waals surface area (Å²) in [6.45, 7) is 19.6. The van der Waals surface area contributed by atoms with E-state index in [1.54, 1.807) is 66.5 Å². The number of amides is 2. The zero-order valence-electron chi connectivity index (χ0n) is 46.3. The second-order valence-electron chi connectivity index (χ2n) is 18.8. The fourth-order valence-electron chi connectivity index (χ4n) is 8.00. The minimum absolute atomic E-state index is 0.0188. The first-order valence-corrected chi connectivity index (χ1v) is 26.4. The minimum atomic E-state index is -0.718. The van der Waals surface area contributed by atoms with Crippen LogP contribution in [0.5, 0.6) is 23.0 Å². The number of benzene rings is 4. The SMILES string of the molecule is CC(C)c1cc(N=C=S)c(F)cc1F.CCCN(CC)CC(=O)Nc1cc(Oc2ccc(NC)c(N)c2)ccn1.CCCN(CC)CC(=O)Nc1cc(Oc2ccc3c(c2)nc(Nc2cc(C(C)C)c(F)cc2F)n3C)ccn1. The van der Waals surface area contributed by atoms with Gasteiger partial charge in [0.2, 0.25) is 17.8 Å². The van der Waals surface area contributed by atoms with Gasteiger partial charge in [0.1, 0.15) is 57.8 Å². The van der Waals surface area contributed by atoms with Gasteiger partial charge in [-0.1, -0.05) is 55.4 Å². The van der Waals surface area contributed by atoms with E-state index in [1.807, 2.05) is 66.8 Å². The van der Waals surface area contributed by atoms with Gasteiger partial charge in [-0.05, 0) is 123 Å². The summed E-state index contributed by atoms with van der Waals surface area (Å²) in [6, 6.07) is 22.2. The largest absolute Gasteiger partial charge is 0.457 e. The van der Waals surface area contributed by atoms with Gasteiger partial charge >= 0.3 is 0 Å². The van der Waals surface area contributed by atoms with Crippen molar-refractivity contribution >= 4 is 80.6 Å². The molecule has 420 valence electrons. The van der Waals surface area contributed by atoms with Crippen LogP contribution in [0.3, 0.4) is 0 Å². The van der Waals surface area contributed by atoms with E-state index >= 15 is 0 Å². The lowest BCUT2D eigenvalue weighted by atomic mass is 10.0. The first kappa shape index (κ1) is 61.9. The third-order valence-corrected chi connectivity index (χ3v) is 12.2. The molecule has 16 nitrogen and oxygen atoms in total. The van der Waals surface area contributed by atoms with Gasteiger partial charge in [0.25, 0.3) is 0 Å². The van der Waals surface area contributed by atoms with Crippen LogP contribution in [0.2, 0.25) is 0 Å². The molecule has 6 N–H and O–H groups in total. The smallest absolute Gasteiger partial charge is 0.239 e. The van der Waals surface area contributed by atoms with Crippen LogP contribution in [-0.2, 0) is 16.6 Å². The summed E-state index contributed by atoms with van der Waals surface area (Å²) in [6.07, 6.45) is 5.15. The van der Waals surface area contributed by atoms with Crippen molar-refractivity contribution in [3.63, 3.8) is 0 Å². The normalized spacial score (nSPS) is 10.9. The lowest BCUT2D eigenvalue weighted by Crippen LogP contribution is -2.33. The number of carbonyl (C=O) groups excluding carboxylic acids is 2.